The van der Waals surface area contributed by atoms with Crippen LogP contribution in [0.3, 0.4) is 0 Å². The molecule has 10 heteroatoms. The van der Waals surface area contributed by atoms with Crippen molar-refractivity contribution in [1.82, 2.24) is 15.0 Å². The lowest BCUT2D eigenvalue weighted by Crippen LogP contribution is -2.48. The van der Waals surface area contributed by atoms with E-state index >= 15 is 0 Å². The van der Waals surface area contributed by atoms with Crippen LogP contribution < -0.4 is 16.8 Å². The predicted molar refractivity (Wildman–Crippen MR) is 98.7 cm³/mol. The zero-order valence-electron chi connectivity index (χ0n) is 16.0. The molecule has 5 N–H and O–H groups in total. The molecule has 0 aliphatic carbocycles. The number of ether oxygens (including phenoxy) is 2. The van der Waals surface area contributed by atoms with Crippen molar-refractivity contribution in [3.8, 4) is 0 Å². The van der Waals surface area contributed by atoms with E-state index in [2.05, 4.69) is 41.0 Å². The van der Waals surface area contributed by atoms with Crippen molar-refractivity contribution in [1.29, 1.82) is 0 Å². The maximum absolute atomic E-state index is 5.82. The van der Waals surface area contributed by atoms with Gasteiger partial charge in [0.15, 0.2) is 0 Å². The van der Waals surface area contributed by atoms with Gasteiger partial charge >= 0.3 is 6.10 Å². The van der Waals surface area contributed by atoms with Crippen molar-refractivity contribution in [3.63, 3.8) is 0 Å². The zero-order valence-corrected chi connectivity index (χ0v) is 16.0. The first kappa shape index (κ1) is 22.3. The second-order valence-corrected chi connectivity index (χ2v) is 5.72. The Kier molecular flexibility index (Phi) is 10.8. The molecule has 10 nitrogen and oxygen atoms in total. The van der Waals surface area contributed by atoms with Crippen LogP contribution in [-0.4, -0.2) is 40.9 Å². The van der Waals surface area contributed by atoms with Crippen LogP contribution >= 0.6 is 0 Å². The Bertz CT molecular complexity index is 475. The minimum Gasteiger partial charge on any atom is -0.368 e. The third-order valence-corrected chi connectivity index (χ3v) is 3.26. The van der Waals surface area contributed by atoms with Crippen molar-refractivity contribution >= 4 is 17.8 Å². The Morgan fingerprint density at radius 2 is 1.31 bits per heavy atom. The van der Waals surface area contributed by atoms with Crippen molar-refractivity contribution in [3.05, 3.63) is 0 Å². The van der Waals surface area contributed by atoms with Crippen LogP contribution in [0.5, 0.6) is 0 Å². The number of anilines is 3. The van der Waals surface area contributed by atoms with E-state index in [1.807, 2.05) is 0 Å². The molecular formula is C16H32N6O4. The first-order chi connectivity index (χ1) is 12.5. The third kappa shape index (κ3) is 8.56. The zero-order chi connectivity index (χ0) is 19.3. The highest BCUT2D eigenvalue weighted by Gasteiger charge is 2.37. The van der Waals surface area contributed by atoms with Crippen molar-refractivity contribution in [2.24, 2.45) is 0 Å². The van der Waals surface area contributed by atoms with E-state index in [0.717, 1.165) is 38.5 Å². The largest absolute Gasteiger partial charge is 0.404 e. The second-order valence-electron chi connectivity index (χ2n) is 5.72. The second kappa shape index (κ2) is 12.6. The van der Waals surface area contributed by atoms with Gasteiger partial charge in [0.2, 0.25) is 17.8 Å². The lowest BCUT2D eigenvalue weighted by molar-refractivity contribution is -0.495. The summed E-state index contributed by atoms with van der Waals surface area (Å²) in [5.41, 5.74) is 11.3. The SMILES string of the molecule is CCCCOOC(Nc1nc(N)nc(N)n1)(OCCCC)OCCCC. The van der Waals surface area contributed by atoms with E-state index in [1.165, 1.54) is 0 Å². The van der Waals surface area contributed by atoms with E-state index in [1.54, 1.807) is 0 Å². The van der Waals surface area contributed by atoms with Gasteiger partial charge in [0.05, 0.1) is 19.8 Å². The molecule has 0 aromatic carbocycles. The highest BCUT2D eigenvalue weighted by Crippen LogP contribution is 2.21. The van der Waals surface area contributed by atoms with Crippen LogP contribution in [0.4, 0.5) is 17.8 Å². The minimum atomic E-state index is -1.70. The molecule has 0 saturated heterocycles. The van der Waals surface area contributed by atoms with Gasteiger partial charge in [-0.3, -0.25) is 5.32 Å². The number of nitrogens with one attached hydrogen (secondary N) is 1. The quantitative estimate of drug-likeness (QED) is 0.182. The molecule has 1 heterocycles. The number of nitrogen functional groups attached to an aromatic ring is 2. The summed E-state index contributed by atoms with van der Waals surface area (Å²) in [4.78, 5) is 22.5. The number of unbranched alkanes of at least 4 members (excludes halogenated alkanes) is 3. The molecule has 0 bridgehead atoms. The molecule has 0 aliphatic rings. The van der Waals surface area contributed by atoms with Gasteiger partial charge in [-0.25, -0.2) is 4.89 Å². The predicted octanol–water partition coefficient (Wildman–Crippen LogP) is 2.44. The molecule has 0 fully saturated rings. The minimum absolute atomic E-state index is 0.0251. The molecule has 0 saturated carbocycles. The number of rotatable bonds is 15. The van der Waals surface area contributed by atoms with Gasteiger partial charge in [0, 0.05) is 0 Å². The topological polar surface area (TPSA) is 140 Å². The fourth-order valence-electron chi connectivity index (χ4n) is 1.81. The summed E-state index contributed by atoms with van der Waals surface area (Å²) in [6.45, 7) is 7.35. The summed E-state index contributed by atoms with van der Waals surface area (Å²) >= 11 is 0. The van der Waals surface area contributed by atoms with E-state index < -0.39 is 6.10 Å². The highest BCUT2D eigenvalue weighted by atomic mass is 17.3. The fraction of sp³-hybridized carbons (Fsp3) is 0.812. The first-order valence-corrected chi connectivity index (χ1v) is 9.19. The Labute approximate surface area is 154 Å². The molecule has 150 valence electrons. The third-order valence-electron chi connectivity index (χ3n) is 3.26. The number of aromatic nitrogens is 3. The van der Waals surface area contributed by atoms with Gasteiger partial charge in [-0.1, -0.05) is 40.0 Å². The summed E-state index contributed by atoms with van der Waals surface area (Å²) in [5, 5.41) is 2.86. The summed E-state index contributed by atoms with van der Waals surface area (Å²) in [6, 6.07) is 0. The molecule has 0 amide bonds. The lowest BCUT2D eigenvalue weighted by atomic mass is 10.4. The first-order valence-electron chi connectivity index (χ1n) is 9.19. The van der Waals surface area contributed by atoms with E-state index in [-0.39, 0.29) is 17.8 Å². The molecule has 1 aromatic heterocycles. The van der Waals surface area contributed by atoms with Gasteiger partial charge in [-0.05, 0) is 19.3 Å². The van der Waals surface area contributed by atoms with Crippen molar-refractivity contribution in [2.45, 2.75) is 65.4 Å². The molecule has 0 atom stereocenters. The van der Waals surface area contributed by atoms with Gasteiger partial charge in [0.25, 0.3) is 0 Å². The normalized spacial score (nSPS) is 11.7. The average Bonchev–Trinajstić information content (AvgIpc) is 2.58. The van der Waals surface area contributed by atoms with Gasteiger partial charge < -0.3 is 20.9 Å². The highest BCUT2D eigenvalue weighted by molar-refractivity contribution is 5.37. The summed E-state index contributed by atoms with van der Waals surface area (Å²) < 4.78 is 11.6. The molecule has 0 spiro atoms. The smallest absolute Gasteiger partial charge is 0.368 e. The number of hydrogen-bond donors (Lipinski definition) is 3. The molecule has 1 rings (SSSR count). The summed E-state index contributed by atoms with van der Waals surface area (Å²) in [7, 11) is 0. The van der Waals surface area contributed by atoms with Crippen molar-refractivity contribution in [2.75, 3.05) is 36.6 Å². The number of nitrogens with zero attached hydrogens (tertiary/aromatic N) is 3. The maximum atomic E-state index is 5.82. The maximum Gasteiger partial charge on any atom is 0.404 e. The molecule has 0 unspecified atom stereocenters. The monoisotopic (exact) mass is 372 g/mol. The summed E-state index contributed by atoms with van der Waals surface area (Å²) in [5.74, 6) is 0.0212. The number of nitrogens with two attached hydrogens (primary N) is 2. The van der Waals surface area contributed by atoms with Crippen LogP contribution in [0, 0.1) is 0 Å². The van der Waals surface area contributed by atoms with Gasteiger partial charge in [0.1, 0.15) is 0 Å². The van der Waals surface area contributed by atoms with E-state index in [9.17, 15) is 0 Å². The molecule has 0 radical (unpaired) electrons. The molecule has 0 aliphatic heterocycles. The Morgan fingerprint density at radius 3 is 1.81 bits per heavy atom. The van der Waals surface area contributed by atoms with Crippen molar-refractivity contribution < 1.29 is 19.2 Å². The Balaban J connectivity index is 2.93. The Hall–Kier alpha value is -1.75. The van der Waals surface area contributed by atoms with Crippen LogP contribution in [-0.2, 0) is 19.2 Å². The average molecular weight is 372 g/mol. The van der Waals surface area contributed by atoms with Gasteiger partial charge in [-0.2, -0.15) is 15.0 Å². The van der Waals surface area contributed by atoms with Crippen LogP contribution in [0.2, 0.25) is 0 Å². The number of hydrogen-bond acceptors (Lipinski definition) is 10. The van der Waals surface area contributed by atoms with Gasteiger partial charge in [-0.15, -0.1) is 4.89 Å². The molecular weight excluding hydrogens is 340 g/mol. The Morgan fingerprint density at radius 1 is 0.808 bits per heavy atom. The van der Waals surface area contributed by atoms with Crippen LogP contribution in [0.1, 0.15) is 59.3 Å². The van der Waals surface area contributed by atoms with Crippen LogP contribution in [0.15, 0.2) is 0 Å². The standard InChI is InChI=1S/C16H32N6O4/c1-4-7-10-23-16(24-11-8-5-2,26-25-12-9-6-3)22-15-20-13(17)19-14(18)21-15/h4-12H2,1-3H3,(H5,17,18,19,20,21,22). The fourth-order valence-corrected chi connectivity index (χ4v) is 1.81. The lowest BCUT2D eigenvalue weighted by Gasteiger charge is -2.31. The van der Waals surface area contributed by atoms with Crippen LogP contribution in [0.25, 0.3) is 0 Å². The van der Waals surface area contributed by atoms with E-state index in [4.69, 9.17) is 30.7 Å². The molecule has 1 aromatic rings. The van der Waals surface area contributed by atoms with E-state index in [0.29, 0.717) is 19.8 Å². The summed E-state index contributed by atoms with van der Waals surface area (Å²) in [6.07, 6.45) is 3.66. The molecule has 26 heavy (non-hydrogen) atoms.